The molecule has 2 rings (SSSR count). The van der Waals surface area contributed by atoms with E-state index in [1.54, 1.807) is 0 Å². The zero-order valence-electron chi connectivity index (χ0n) is 10.4. The summed E-state index contributed by atoms with van der Waals surface area (Å²) in [5.74, 6) is 0.141. The number of alkyl halides is 1. The highest BCUT2D eigenvalue weighted by Crippen LogP contribution is 2.21. The van der Waals surface area contributed by atoms with Crippen LogP contribution in [0.4, 0.5) is 5.69 Å². The Bertz CT molecular complexity index is 528. The standard InChI is InChI=1S/C12H16Cl2N2O2S/c13-4-9-19(17,18)16-7-5-15(6-8-16)12-3-1-2-11(14)10-12/h1-3,10H,4-9H2. The van der Waals surface area contributed by atoms with Gasteiger partial charge in [-0.05, 0) is 18.2 Å². The van der Waals surface area contributed by atoms with Gasteiger partial charge in [-0.25, -0.2) is 8.42 Å². The normalized spacial score (nSPS) is 17.7. The first-order valence-electron chi connectivity index (χ1n) is 6.07. The number of hydrogen-bond acceptors (Lipinski definition) is 3. The topological polar surface area (TPSA) is 40.6 Å². The lowest BCUT2D eigenvalue weighted by molar-refractivity contribution is 0.385. The molecular weight excluding hydrogens is 307 g/mol. The zero-order valence-corrected chi connectivity index (χ0v) is 12.8. The number of benzene rings is 1. The summed E-state index contributed by atoms with van der Waals surface area (Å²) >= 11 is 11.5. The van der Waals surface area contributed by atoms with E-state index in [0.717, 1.165) is 5.69 Å². The van der Waals surface area contributed by atoms with Crippen LogP contribution in [0.25, 0.3) is 0 Å². The summed E-state index contributed by atoms with van der Waals surface area (Å²) in [6.07, 6.45) is 0. The maximum atomic E-state index is 11.9. The predicted octanol–water partition coefficient (Wildman–Crippen LogP) is 2.03. The molecule has 1 aromatic carbocycles. The van der Waals surface area contributed by atoms with Crippen molar-refractivity contribution in [3.63, 3.8) is 0 Å². The Morgan fingerprint density at radius 1 is 1.16 bits per heavy atom. The lowest BCUT2D eigenvalue weighted by atomic mass is 10.2. The van der Waals surface area contributed by atoms with Gasteiger partial charge in [-0.1, -0.05) is 17.7 Å². The van der Waals surface area contributed by atoms with Gasteiger partial charge in [0, 0.05) is 42.8 Å². The Hall–Kier alpha value is -0.490. The molecule has 0 radical (unpaired) electrons. The molecule has 0 aliphatic carbocycles. The second-order valence-electron chi connectivity index (χ2n) is 4.37. The Kier molecular flexibility index (Phi) is 4.95. The van der Waals surface area contributed by atoms with Crippen LogP contribution < -0.4 is 4.90 Å². The summed E-state index contributed by atoms with van der Waals surface area (Å²) < 4.78 is 25.3. The lowest BCUT2D eigenvalue weighted by Gasteiger charge is -2.35. The number of piperazine rings is 1. The second-order valence-corrected chi connectivity index (χ2v) is 7.27. The van der Waals surface area contributed by atoms with Crippen LogP contribution >= 0.6 is 23.2 Å². The van der Waals surface area contributed by atoms with Crippen LogP contribution in [0.3, 0.4) is 0 Å². The van der Waals surface area contributed by atoms with E-state index < -0.39 is 10.0 Å². The third-order valence-electron chi connectivity index (χ3n) is 3.14. The van der Waals surface area contributed by atoms with Crippen molar-refractivity contribution >= 4 is 38.9 Å². The Morgan fingerprint density at radius 2 is 1.84 bits per heavy atom. The van der Waals surface area contributed by atoms with Crippen molar-refractivity contribution in [3.8, 4) is 0 Å². The second kappa shape index (κ2) is 6.31. The Morgan fingerprint density at radius 3 is 2.42 bits per heavy atom. The van der Waals surface area contributed by atoms with E-state index in [-0.39, 0.29) is 11.6 Å². The van der Waals surface area contributed by atoms with E-state index in [0.29, 0.717) is 31.2 Å². The zero-order chi connectivity index (χ0) is 13.9. The predicted molar refractivity (Wildman–Crippen MR) is 79.7 cm³/mol. The van der Waals surface area contributed by atoms with Gasteiger partial charge in [0.25, 0.3) is 0 Å². The van der Waals surface area contributed by atoms with Crippen molar-refractivity contribution in [2.24, 2.45) is 0 Å². The molecule has 0 aromatic heterocycles. The fourth-order valence-electron chi connectivity index (χ4n) is 2.12. The fraction of sp³-hybridized carbons (Fsp3) is 0.500. The lowest BCUT2D eigenvalue weighted by Crippen LogP contribution is -2.49. The molecule has 1 saturated heterocycles. The third-order valence-corrected chi connectivity index (χ3v) is 5.66. The van der Waals surface area contributed by atoms with Gasteiger partial charge in [0.1, 0.15) is 0 Å². The molecule has 19 heavy (non-hydrogen) atoms. The van der Waals surface area contributed by atoms with Gasteiger partial charge in [0.05, 0.1) is 5.75 Å². The summed E-state index contributed by atoms with van der Waals surface area (Å²) in [6.45, 7) is 2.32. The average Bonchev–Trinajstić information content (AvgIpc) is 2.39. The number of rotatable bonds is 4. The van der Waals surface area contributed by atoms with Crippen LogP contribution in [0.1, 0.15) is 0 Å². The molecule has 7 heteroatoms. The van der Waals surface area contributed by atoms with Gasteiger partial charge >= 0.3 is 0 Å². The van der Waals surface area contributed by atoms with Crippen LogP contribution in [-0.2, 0) is 10.0 Å². The molecule has 1 aliphatic heterocycles. The number of anilines is 1. The van der Waals surface area contributed by atoms with Crippen molar-refractivity contribution in [1.29, 1.82) is 0 Å². The monoisotopic (exact) mass is 322 g/mol. The van der Waals surface area contributed by atoms with Crippen LogP contribution in [0, 0.1) is 0 Å². The van der Waals surface area contributed by atoms with E-state index in [1.165, 1.54) is 4.31 Å². The maximum absolute atomic E-state index is 11.9. The highest BCUT2D eigenvalue weighted by Gasteiger charge is 2.26. The first kappa shape index (κ1) is 14.9. The fourth-order valence-corrected chi connectivity index (χ4v) is 4.07. The molecule has 0 N–H and O–H groups in total. The maximum Gasteiger partial charge on any atom is 0.215 e. The molecule has 0 bridgehead atoms. The van der Waals surface area contributed by atoms with E-state index in [4.69, 9.17) is 23.2 Å². The molecule has 106 valence electrons. The molecular formula is C12H16Cl2N2O2S. The number of sulfonamides is 1. The van der Waals surface area contributed by atoms with Gasteiger partial charge in [-0.15, -0.1) is 11.6 Å². The molecule has 0 spiro atoms. The SMILES string of the molecule is O=S(=O)(CCCl)N1CCN(c2cccc(Cl)c2)CC1. The highest BCUT2D eigenvalue weighted by atomic mass is 35.5. The van der Waals surface area contributed by atoms with Gasteiger partial charge < -0.3 is 4.90 Å². The summed E-state index contributed by atoms with van der Waals surface area (Å²) in [5, 5.41) is 0.690. The van der Waals surface area contributed by atoms with E-state index in [1.807, 2.05) is 24.3 Å². The molecule has 1 aromatic rings. The Balaban J connectivity index is 2.00. The Labute approximate surface area is 124 Å². The van der Waals surface area contributed by atoms with Crippen LogP contribution in [0.2, 0.25) is 5.02 Å². The van der Waals surface area contributed by atoms with Crippen LogP contribution in [0.15, 0.2) is 24.3 Å². The van der Waals surface area contributed by atoms with E-state index in [9.17, 15) is 8.42 Å². The van der Waals surface area contributed by atoms with E-state index in [2.05, 4.69) is 4.90 Å². The van der Waals surface area contributed by atoms with Gasteiger partial charge in [0.2, 0.25) is 10.0 Å². The number of hydrogen-bond donors (Lipinski definition) is 0. The molecule has 4 nitrogen and oxygen atoms in total. The first-order valence-corrected chi connectivity index (χ1v) is 8.59. The van der Waals surface area contributed by atoms with Crippen molar-refractivity contribution < 1.29 is 8.42 Å². The average molecular weight is 323 g/mol. The molecule has 0 atom stereocenters. The minimum atomic E-state index is -3.20. The van der Waals surface area contributed by atoms with Crippen LogP contribution in [-0.4, -0.2) is 50.5 Å². The molecule has 0 amide bonds. The number of nitrogens with zero attached hydrogens (tertiary/aromatic N) is 2. The molecule has 1 fully saturated rings. The van der Waals surface area contributed by atoms with Crippen molar-refractivity contribution in [3.05, 3.63) is 29.3 Å². The highest BCUT2D eigenvalue weighted by molar-refractivity contribution is 7.89. The summed E-state index contributed by atoms with van der Waals surface area (Å²) in [4.78, 5) is 2.14. The first-order chi connectivity index (χ1) is 9.03. The van der Waals surface area contributed by atoms with Crippen molar-refractivity contribution in [2.45, 2.75) is 0 Å². The molecule has 1 aliphatic rings. The van der Waals surface area contributed by atoms with Gasteiger partial charge in [-0.2, -0.15) is 4.31 Å². The quantitative estimate of drug-likeness (QED) is 0.796. The summed E-state index contributed by atoms with van der Waals surface area (Å²) in [7, 11) is -3.20. The third kappa shape index (κ3) is 3.75. The smallest absolute Gasteiger partial charge is 0.215 e. The van der Waals surface area contributed by atoms with Gasteiger partial charge in [-0.3, -0.25) is 0 Å². The van der Waals surface area contributed by atoms with E-state index >= 15 is 0 Å². The largest absolute Gasteiger partial charge is 0.369 e. The minimum Gasteiger partial charge on any atom is -0.369 e. The van der Waals surface area contributed by atoms with Gasteiger partial charge in [0.15, 0.2) is 0 Å². The molecule has 0 saturated carbocycles. The number of halogens is 2. The van der Waals surface area contributed by atoms with Crippen LogP contribution in [0.5, 0.6) is 0 Å². The van der Waals surface area contributed by atoms with Crippen molar-refractivity contribution in [2.75, 3.05) is 42.7 Å². The molecule has 0 unspecified atom stereocenters. The minimum absolute atomic E-state index is 0.00568. The van der Waals surface area contributed by atoms with Crippen molar-refractivity contribution in [1.82, 2.24) is 4.31 Å². The summed E-state index contributed by atoms with van der Waals surface area (Å²) in [5.41, 5.74) is 1.03. The summed E-state index contributed by atoms with van der Waals surface area (Å²) in [6, 6.07) is 7.60. The molecule has 1 heterocycles.